The van der Waals surface area contributed by atoms with Crippen LogP contribution in [0, 0.1) is 23.4 Å². The van der Waals surface area contributed by atoms with Crippen LogP contribution < -0.4 is 11.1 Å². The van der Waals surface area contributed by atoms with Gasteiger partial charge in [0.25, 0.3) is 0 Å². The Bertz CT molecular complexity index is 729. The first-order valence-corrected chi connectivity index (χ1v) is 9.20. The SMILES string of the molecule is CC(=O)NCC(=O)N1[C@@H]2CC[C@H]1CC(C(N)Cc1cc(F)c(F)cc1F)C2. The van der Waals surface area contributed by atoms with Gasteiger partial charge in [-0.2, -0.15) is 0 Å². The molecule has 1 aromatic rings. The molecule has 148 valence electrons. The van der Waals surface area contributed by atoms with Crippen molar-refractivity contribution in [2.75, 3.05) is 6.54 Å². The van der Waals surface area contributed by atoms with Gasteiger partial charge in [-0.1, -0.05) is 0 Å². The minimum absolute atomic E-state index is 0.0148. The van der Waals surface area contributed by atoms with Gasteiger partial charge in [-0.15, -0.1) is 0 Å². The van der Waals surface area contributed by atoms with Gasteiger partial charge in [-0.05, 0) is 49.7 Å². The minimum atomic E-state index is -1.21. The van der Waals surface area contributed by atoms with Crippen molar-refractivity contribution in [1.29, 1.82) is 0 Å². The maximum Gasteiger partial charge on any atom is 0.242 e. The zero-order valence-electron chi connectivity index (χ0n) is 15.2. The van der Waals surface area contributed by atoms with Crippen molar-refractivity contribution < 1.29 is 22.8 Å². The topological polar surface area (TPSA) is 75.4 Å². The van der Waals surface area contributed by atoms with Gasteiger partial charge in [-0.25, -0.2) is 13.2 Å². The van der Waals surface area contributed by atoms with Crippen LogP contribution in [0.25, 0.3) is 0 Å². The molecular weight excluding hydrogens is 359 g/mol. The number of hydrogen-bond acceptors (Lipinski definition) is 3. The molecule has 1 aromatic carbocycles. The standard InChI is InChI=1S/C19H24F3N3O2/c1-10(26)24-9-19(27)25-13-2-3-14(25)5-12(4-13)18(23)7-11-6-16(21)17(22)8-15(11)20/h6,8,12-14,18H,2-5,7,9,23H2,1H3,(H,24,26)/t12?,13-,14+,18?. The zero-order chi connectivity index (χ0) is 19.7. The second-order valence-electron chi connectivity index (χ2n) is 7.55. The molecule has 2 unspecified atom stereocenters. The van der Waals surface area contributed by atoms with E-state index in [4.69, 9.17) is 5.73 Å². The Balaban J connectivity index is 1.63. The molecule has 2 aliphatic heterocycles. The highest BCUT2D eigenvalue weighted by Crippen LogP contribution is 2.40. The smallest absolute Gasteiger partial charge is 0.242 e. The fraction of sp³-hybridized carbons (Fsp3) is 0.579. The molecule has 2 heterocycles. The van der Waals surface area contributed by atoms with Gasteiger partial charge >= 0.3 is 0 Å². The van der Waals surface area contributed by atoms with Crippen LogP contribution in [0.1, 0.15) is 38.2 Å². The van der Waals surface area contributed by atoms with Crippen molar-refractivity contribution in [2.45, 2.75) is 57.2 Å². The average molecular weight is 383 g/mol. The van der Waals surface area contributed by atoms with Crippen molar-refractivity contribution in [3.05, 3.63) is 35.1 Å². The number of fused-ring (bicyclic) bond motifs is 2. The van der Waals surface area contributed by atoms with Gasteiger partial charge in [0, 0.05) is 31.1 Å². The molecule has 5 nitrogen and oxygen atoms in total. The lowest BCUT2D eigenvalue weighted by atomic mass is 9.82. The Labute approximate surface area is 156 Å². The Hall–Kier alpha value is -2.09. The lowest BCUT2D eigenvalue weighted by Crippen LogP contribution is -2.52. The third-order valence-corrected chi connectivity index (χ3v) is 5.70. The maximum atomic E-state index is 13.9. The summed E-state index contributed by atoms with van der Waals surface area (Å²) in [7, 11) is 0. The van der Waals surface area contributed by atoms with E-state index in [9.17, 15) is 22.8 Å². The summed E-state index contributed by atoms with van der Waals surface area (Å²) in [6.45, 7) is 1.35. The second kappa shape index (κ2) is 7.88. The van der Waals surface area contributed by atoms with Gasteiger partial charge < -0.3 is 16.0 Å². The number of rotatable bonds is 5. The maximum absolute atomic E-state index is 13.9. The fourth-order valence-corrected chi connectivity index (χ4v) is 4.41. The van der Waals surface area contributed by atoms with Gasteiger partial charge in [0.2, 0.25) is 11.8 Å². The molecule has 2 aliphatic rings. The first-order chi connectivity index (χ1) is 12.8. The number of amides is 2. The third-order valence-electron chi connectivity index (χ3n) is 5.70. The third kappa shape index (κ3) is 4.26. The quantitative estimate of drug-likeness (QED) is 0.763. The lowest BCUT2D eigenvalue weighted by Gasteiger charge is -2.41. The molecule has 2 saturated heterocycles. The van der Waals surface area contributed by atoms with E-state index in [2.05, 4.69) is 5.32 Å². The van der Waals surface area contributed by atoms with Crippen LogP contribution in [0.3, 0.4) is 0 Å². The average Bonchev–Trinajstić information content (AvgIpc) is 2.87. The van der Waals surface area contributed by atoms with E-state index in [0.29, 0.717) is 18.9 Å². The highest BCUT2D eigenvalue weighted by Gasteiger charge is 2.44. The van der Waals surface area contributed by atoms with Crippen LogP contribution >= 0.6 is 0 Å². The van der Waals surface area contributed by atoms with E-state index in [1.807, 2.05) is 4.90 Å². The number of hydrogen-bond donors (Lipinski definition) is 2. The van der Waals surface area contributed by atoms with E-state index in [1.165, 1.54) is 6.92 Å². The van der Waals surface area contributed by atoms with E-state index >= 15 is 0 Å². The number of carbonyl (C=O) groups excluding carboxylic acids is 2. The molecule has 0 aliphatic carbocycles. The Morgan fingerprint density at radius 1 is 1.15 bits per heavy atom. The van der Waals surface area contributed by atoms with Gasteiger partial charge in [0.05, 0.1) is 6.54 Å². The Morgan fingerprint density at radius 3 is 2.33 bits per heavy atom. The molecule has 8 heteroatoms. The van der Waals surface area contributed by atoms with Crippen molar-refractivity contribution >= 4 is 11.8 Å². The summed E-state index contributed by atoms with van der Waals surface area (Å²) in [6.07, 6.45) is 3.25. The number of benzene rings is 1. The van der Waals surface area contributed by atoms with Crippen LogP contribution in [0.15, 0.2) is 12.1 Å². The van der Waals surface area contributed by atoms with E-state index in [1.54, 1.807) is 0 Å². The summed E-state index contributed by atoms with van der Waals surface area (Å²) in [4.78, 5) is 25.3. The Morgan fingerprint density at radius 2 is 1.74 bits per heavy atom. The largest absolute Gasteiger partial charge is 0.347 e. The predicted octanol–water partition coefficient (Wildman–Crippen LogP) is 1.88. The van der Waals surface area contributed by atoms with Gasteiger partial charge in [-0.3, -0.25) is 9.59 Å². The number of nitrogens with zero attached hydrogens (tertiary/aromatic N) is 1. The molecule has 27 heavy (non-hydrogen) atoms. The second-order valence-corrected chi connectivity index (χ2v) is 7.55. The predicted molar refractivity (Wildman–Crippen MR) is 93.1 cm³/mol. The molecular formula is C19H24F3N3O2. The highest BCUT2D eigenvalue weighted by atomic mass is 19.2. The highest BCUT2D eigenvalue weighted by molar-refractivity contribution is 5.84. The minimum Gasteiger partial charge on any atom is -0.347 e. The van der Waals surface area contributed by atoms with E-state index in [0.717, 1.165) is 18.9 Å². The van der Waals surface area contributed by atoms with Gasteiger partial charge in [0.1, 0.15) is 5.82 Å². The van der Waals surface area contributed by atoms with Crippen LogP contribution in [0.5, 0.6) is 0 Å². The monoisotopic (exact) mass is 383 g/mol. The first kappa shape index (κ1) is 19.7. The number of nitrogens with two attached hydrogens (primary N) is 1. The summed E-state index contributed by atoms with van der Waals surface area (Å²) in [5, 5.41) is 2.53. The summed E-state index contributed by atoms with van der Waals surface area (Å²) in [5.74, 6) is -3.38. The molecule has 2 amide bonds. The summed E-state index contributed by atoms with van der Waals surface area (Å²) >= 11 is 0. The molecule has 4 atom stereocenters. The summed E-state index contributed by atoms with van der Waals surface area (Å²) < 4.78 is 40.4. The number of halogens is 3. The van der Waals surface area contributed by atoms with Crippen LogP contribution in [0.2, 0.25) is 0 Å². The molecule has 0 radical (unpaired) electrons. The van der Waals surface area contributed by atoms with Crippen molar-refractivity contribution in [2.24, 2.45) is 11.7 Å². The molecule has 0 spiro atoms. The lowest BCUT2D eigenvalue weighted by molar-refractivity contribution is -0.137. The van der Waals surface area contributed by atoms with E-state index in [-0.39, 0.29) is 48.3 Å². The van der Waals surface area contributed by atoms with Crippen molar-refractivity contribution in [3.63, 3.8) is 0 Å². The van der Waals surface area contributed by atoms with Crippen molar-refractivity contribution in [3.8, 4) is 0 Å². The Kier molecular flexibility index (Phi) is 5.74. The molecule has 3 N–H and O–H groups in total. The molecule has 0 saturated carbocycles. The van der Waals surface area contributed by atoms with Crippen LogP contribution in [0.4, 0.5) is 13.2 Å². The summed E-state index contributed by atoms with van der Waals surface area (Å²) in [5.41, 5.74) is 6.33. The normalized spacial score (nSPS) is 25.4. The molecule has 2 bridgehead atoms. The number of piperidine rings is 1. The van der Waals surface area contributed by atoms with Gasteiger partial charge in [0.15, 0.2) is 11.6 Å². The number of nitrogens with one attached hydrogen (secondary N) is 1. The number of carbonyl (C=O) groups is 2. The van der Waals surface area contributed by atoms with Crippen LogP contribution in [-0.4, -0.2) is 41.4 Å². The molecule has 0 aromatic heterocycles. The zero-order valence-corrected chi connectivity index (χ0v) is 15.2. The molecule has 3 rings (SSSR count). The van der Waals surface area contributed by atoms with E-state index < -0.39 is 23.5 Å². The van der Waals surface area contributed by atoms with Crippen LogP contribution in [-0.2, 0) is 16.0 Å². The first-order valence-electron chi connectivity index (χ1n) is 9.20. The molecule has 2 fully saturated rings. The fourth-order valence-electron chi connectivity index (χ4n) is 4.41. The summed E-state index contributed by atoms with van der Waals surface area (Å²) in [6, 6.07) is 1.11. The van der Waals surface area contributed by atoms with Crippen molar-refractivity contribution in [1.82, 2.24) is 10.2 Å².